The lowest BCUT2D eigenvalue weighted by molar-refractivity contribution is 0.0934. The highest BCUT2D eigenvalue weighted by Gasteiger charge is 2.13. The summed E-state index contributed by atoms with van der Waals surface area (Å²) in [6.45, 7) is 2.02. The third-order valence-electron chi connectivity index (χ3n) is 3.74. The number of amides is 1. The summed E-state index contributed by atoms with van der Waals surface area (Å²) in [5, 5.41) is 8.59. The summed E-state index contributed by atoms with van der Waals surface area (Å²) in [6, 6.07) is 14.1. The third-order valence-corrected chi connectivity index (χ3v) is 4.49. The van der Waals surface area contributed by atoms with Gasteiger partial charge in [0.05, 0.1) is 11.9 Å². The fourth-order valence-electron chi connectivity index (χ4n) is 2.39. The zero-order valence-electron chi connectivity index (χ0n) is 14.0. The van der Waals surface area contributed by atoms with Gasteiger partial charge in [-0.2, -0.15) is 0 Å². The van der Waals surface area contributed by atoms with E-state index in [0.717, 1.165) is 18.5 Å². The predicted molar refractivity (Wildman–Crippen MR) is 101 cm³/mol. The number of pyridine rings is 1. The molecule has 0 saturated carbocycles. The second-order valence-electron chi connectivity index (χ2n) is 5.80. The van der Waals surface area contributed by atoms with Gasteiger partial charge in [0.2, 0.25) is 0 Å². The van der Waals surface area contributed by atoms with Crippen molar-refractivity contribution in [1.29, 1.82) is 0 Å². The van der Waals surface area contributed by atoms with Crippen LogP contribution in [0.2, 0.25) is 0 Å². The number of rotatable bonds is 7. The molecule has 1 atom stereocenters. The zero-order chi connectivity index (χ0) is 17.5. The molecule has 0 fully saturated rings. The lowest BCUT2D eigenvalue weighted by atomic mass is 10.1. The van der Waals surface area contributed by atoms with Crippen LogP contribution in [0.3, 0.4) is 0 Å². The number of aromatic nitrogens is 2. The first-order chi connectivity index (χ1) is 12.2. The molecule has 2 aromatic heterocycles. The topological polar surface area (TPSA) is 66.9 Å². The Labute approximate surface area is 151 Å². The van der Waals surface area contributed by atoms with Gasteiger partial charge in [0.25, 0.3) is 5.91 Å². The maximum Gasteiger partial charge on any atom is 0.271 e. The second kappa shape index (κ2) is 8.39. The Morgan fingerprint density at radius 1 is 1.20 bits per heavy atom. The number of aryl methyl sites for hydroxylation is 1. The Morgan fingerprint density at radius 3 is 2.80 bits per heavy atom. The normalized spacial score (nSPS) is 11.7. The number of nitrogens with zero attached hydrogens (tertiary/aromatic N) is 2. The van der Waals surface area contributed by atoms with Crippen LogP contribution in [0.25, 0.3) is 0 Å². The number of nitrogens with one attached hydrogen (secondary N) is 2. The molecule has 3 rings (SSSR count). The molecule has 25 heavy (non-hydrogen) atoms. The van der Waals surface area contributed by atoms with Crippen molar-refractivity contribution in [2.24, 2.45) is 0 Å². The Hall–Kier alpha value is -2.73. The summed E-state index contributed by atoms with van der Waals surface area (Å²) < 4.78 is 0. The number of anilines is 2. The van der Waals surface area contributed by atoms with E-state index in [1.54, 1.807) is 17.8 Å². The van der Waals surface area contributed by atoms with Crippen molar-refractivity contribution in [3.63, 3.8) is 0 Å². The van der Waals surface area contributed by atoms with Gasteiger partial charge >= 0.3 is 0 Å². The third kappa shape index (κ3) is 5.12. The van der Waals surface area contributed by atoms with Crippen molar-refractivity contribution in [1.82, 2.24) is 15.3 Å². The van der Waals surface area contributed by atoms with Crippen LogP contribution >= 0.6 is 11.3 Å². The van der Waals surface area contributed by atoms with Crippen molar-refractivity contribution in [2.75, 3.05) is 5.32 Å². The highest BCUT2D eigenvalue weighted by atomic mass is 32.1. The Bertz CT molecular complexity index is 805. The van der Waals surface area contributed by atoms with Gasteiger partial charge in [0.15, 0.2) is 5.13 Å². The highest BCUT2D eigenvalue weighted by molar-refractivity contribution is 7.14. The SMILES string of the molecule is CC(CCc1ccccc1)NC(=O)c1csc(Nc2cccnc2)n1. The van der Waals surface area contributed by atoms with Gasteiger partial charge in [-0.1, -0.05) is 30.3 Å². The van der Waals surface area contributed by atoms with Crippen molar-refractivity contribution >= 4 is 28.1 Å². The predicted octanol–water partition coefficient (Wildman–Crippen LogP) is 4.03. The quantitative estimate of drug-likeness (QED) is 0.674. The number of carbonyl (C=O) groups is 1. The van der Waals surface area contributed by atoms with E-state index in [4.69, 9.17) is 0 Å². The standard InChI is InChI=1S/C19H20N4OS/c1-14(9-10-15-6-3-2-4-7-15)21-18(24)17-13-25-19(23-17)22-16-8-5-11-20-12-16/h2-8,11-14H,9-10H2,1H3,(H,21,24)(H,22,23). The molecule has 0 aliphatic heterocycles. The molecular weight excluding hydrogens is 332 g/mol. The van der Waals surface area contributed by atoms with E-state index in [1.165, 1.54) is 16.9 Å². The van der Waals surface area contributed by atoms with Crippen LogP contribution < -0.4 is 10.6 Å². The average Bonchev–Trinajstić information content (AvgIpc) is 3.10. The lowest BCUT2D eigenvalue weighted by Crippen LogP contribution is -2.33. The molecule has 1 amide bonds. The van der Waals surface area contributed by atoms with E-state index in [9.17, 15) is 4.79 Å². The van der Waals surface area contributed by atoms with E-state index in [1.807, 2.05) is 37.3 Å². The molecule has 0 saturated heterocycles. The molecule has 0 aliphatic carbocycles. The fourth-order valence-corrected chi connectivity index (χ4v) is 3.10. The van der Waals surface area contributed by atoms with E-state index in [-0.39, 0.29) is 11.9 Å². The van der Waals surface area contributed by atoms with Crippen molar-refractivity contribution in [2.45, 2.75) is 25.8 Å². The van der Waals surface area contributed by atoms with Crippen LogP contribution in [-0.2, 0) is 6.42 Å². The molecule has 2 N–H and O–H groups in total. The molecule has 3 aromatic rings. The molecule has 5 nitrogen and oxygen atoms in total. The highest BCUT2D eigenvalue weighted by Crippen LogP contribution is 2.20. The minimum absolute atomic E-state index is 0.0872. The summed E-state index contributed by atoms with van der Waals surface area (Å²) in [7, 11) is 0. The molecule has 0 radical (unpaired) electrons. The molecule has 0 spiro atoms. The van der Waals surface area contributed by atoms with Crippen LogP contribution in [0.1, 0.15) is 29.4 Å². The minimum atomic E-state index is -0.143. The first kappa shape index (κ1) is 17.1. The van der Waals surface area contributed by atoms with Crippen molar-refractivity contribution < 1.29 is 4.79 Å². The van der Waals surface area contributed by atoms with E-state index >= 15 is 0 Å². The molecule has 2 heterocycles. The van der Waals surface area contributed by atoms with Gasteiger partial charge in [-0.15, -0.1) is 11.3 Å². The first-order valence-corrected chi connectivity index (χ1v) is 9.06. The molecule has 1 unspecified atom stereocenters. The van der Waals surface area contributed by atoms with Gasteiger partial charge < -0.3 is 10.6 Å². The molecule has 128 valence electrons. The van der Waals surface area contributed by atoms with Crippen LogP contribution in [0.4, 0.5) is 10.8 Å². The Kier molecular flexibility index (Phi) is 5.74. The zero-order valence-corrected chi connectivity index (χ0v) is 14.8. The van der Waals surface area contributed by atoms with Gasteiger partial charge in [-0.3, -0.25) is 9.78 Å². The molecular formula is C19H20N4OS. The largest absolute Gasteiger partial charge is 0.348 e. The van der Waals surface area contributed by atoms with Crippen LogP contribution in [0, 0.1) is 0 Å². The molecule has 0 aliphatic rings. The van der Waals surface area contributed by atoms with Gasteiger partial charge in [-0.25, -0.2) is 4.98 Å². The summed E-state index contributed by atoms with van der Waals surface area (Å²) in [4.78, 5) is 20.7. The molecule has 1 aromatic carbocycles. The van der Waals surface area contributed by atoms with Gasteiger partial charge in [-0.05, 0) is 37.5 Å². The summed E-state index contributed by atoms with van der Waals surface area (Å²) in [5.74, 6) is -0.143. The van der Waals surface area contributed by atoms with Gasteiger partial charge in [0.1, 0.15) is 5.69 Å². The van der Waals surface area contributed by atoms with Crippen LogP contribution in [-0.4, -0.2) is 21.9 Å². The second-order valence-corrected chi connectivity index (χ2v) is 6.66. The van der Waals surface area contributed by atoms with Crippen LogP contribution in [0.5, 0.6) is 0 Å². The first-order valence-electron chi connectivity index (χ1n) is 8.18. The summed E-state index contributed by atoms with van der Waals surface area (Å²) in [5.41, 5.74) is 2.56. The summed E-state index contributed by atoms with van der Waals surface area (Å²) >= 11 is 1.40. The van der Waals surface area contributed by atoms with Crippen molar-refractivity contribution in [3.8, 4) is 0 Å². The molecule has 0 bridgehead atoms. The number of thiazole rings is 1. The average molecular weight is 352 g/mol. The maximum atomic E-state index is 12.3. The minimum Gasteiger partial charge on any atom is -0.348 e. The number of hydrogen-bond acceptors (Lipinski definition) is 5. The van der Waals surface area contributed by atoms with Gasteiger partial charge in [0, 0.05) is 17.6 Å². The maximum absolute atomic E-state index is 12.3. The Morgan fingerprint density at radius 2 is 2.04 bits per heavy atom. The monoisotopic (exact) mass is 352 g/mol. The lowest BCUT2D eigenvalue weighted by Gasteiger charge is -2.12. The number of hydrogen-bond donors (Lipinski definition) is 2. The van der Waals surface area contributed by atoms with Crippen molar-refractivity contribution in [3.05, 3.63) is 71.5 Å². The fraction of sp³-hybridized carbons (Fsp3) is 0.211. The summed E-state index contributed by atoms with van der Waals surface area (Å²) in [6.07, 6.45) is 5.25. The van der Waals surface area contributed by atoms with Crippen LogP contribution in [0.15, 0.2) is 60.2 Å². The number of benzene rings is 1. The smallest absolute Gasteiger partial charge is 0.271 e. The van der Waals surface area contributed by atoms with E-state index in [0.29, 0.717) is 10.8 Å². The van der Waals surface area contributed by atoms with E-state index < -0.39 is 0 Å². The van der Waals surface area contributed by atoms with E-state index in [2.05, 4.69) is 32.7 Å². The molecule has 6 heteroatoms. The Balaban J connectivity index is 1.51. The number of carbonyl (C=O) groups excluding carboxylic acids is 1.